The maximum Gasteiger partial charge on any atom is 0.243 e. The second-order valence-corrected chi connectivity index (χ2v) is 6.62. The Bertz CT molecular complexity index is 546. The first kappa shape index (κ1) is 14.4. The molecule has 0 aromatic heterocycles. The topological polar surface area (TPSA) is 46.6 Å². The lowest BCUT2D eigenvalue weighted by atomic mass is 10.3. The average Bonchev–Trinajstić information content (AvgIpc) is 2.26. The molecule has 0 bridgehead atoms. The second-order valence-electron chi connectivity index (χ2n) is 4.68. The van der Waals surface area contributed by atoms with Crippen LogP contribution in [-0.2, 0) is 14.8 Å². The summed E-state index contributed by atoms with van der Waals surface area (Å²) < 4.78 is 57.5. The highest BCUT2D eigenvalue weighted by Crippen LogP contribution is 2.22. The van der Waals surface area contributed by atoms with E-state index in [9.17, 15) is 17.2 Å². The molecule has 1 aliphatic heterocycles. The molecule has 0 radical (unpaired) electrons. The van der Waals surface area contributed by atoms with Crippen molar-refractivity contribution in [2.75, 3.05) is 13.1 Å². The van der Waals surface area contributed by atoms with Gasteiger partial charge in [-0.3, -0.25) is 0 Å². The zero-order chi connectivity index (χ0) is 14.2. The van der Waals surface area contributed by atoms with Crippen molar-refractivity contribution >= 4 is 10.0 Å². The lowest BCUT2D eigenvalue weighted by Gasteiger charge is -2.34. The molecule has 1 heterocycles. The van der Waals surface area contributed by atoms with Gasteiger partial charge in [-0.1, -0.05) is 0 Å². The normalized spacial score (nSPS) is 25.5. The Balaban J connectivity index is 2.36. The summed E-state index contributed by atoms with van der Waals surface area (Å²) >= 11 is 0. The minimum Gasteiger partial charge on any atom is -0.373 e. The SMILES string of the molecule is C[C@H]1CN(S(=O)(=O)c2cc(F)cc(F)c2)C[C@H](C)O1. The molecule has 1 saturated heterocycles. The van der Waals surface area contributed by atoms with Gasteiger partial charge in [-0.15, -0.1) is 0 Å². The summed E-state index contributed by atoms with van der Waals surface area (Å²) in [6.45, 7) is 3.85. The molecule has 2 atom stereocenters. The van der Waals surface area contributed by atoms with Gasteiger partial charge in [0.05, 0.1) is 17.1 Å². The van der Waals surface area contributed by atoms with E-state index in [2.05, 4.69) is 0 Å². The van der Waals surface area contributed by atoms with Crippen molar-refractivity contribution in [3.05, 3.63) is 29.8 Å². The van der Waals surface area contributed by atoms with Crippen molar-refractivity contribution in [3.63, 3.8) is 0 Å². The number of hydrogen-bond donors (Lipinski definition) is 0. The van der Waals surface area contributed by atoms with Crippen LogP contribution in [0.3, 0.4) is 0 Å². The number of benzene rings is 1. The number of morpholine rings is 1. The fourth-order valence-electron chi connectivity index (χ4n) is 2.15. The highest BCUT2D eigenvalue weighted by Gasteiger charge is 2.32. The fourth-order valence-corrected chi connectivity index (χ4v) is 3.79. The van der Waals surface area contributed by atoms with Gasteiger partial charge in [-0.2, -0.15) is 4.31 Å². The molecule has 7 heteroatoms. The van der Waals surface area contributed by atoms with Gasteiger partial charge in [0.15, 0.2) is 0 Å². The summed E-state index contributed by atoms with van der Waals surface area (Å²) in [6, 6.07) is 2.29. The monoisotopic (exact) mass is 291 g/mol. The predicted molar refractivity (Wildman–Crippen MR) is 65.1 cm³/mol. The van der Waals surface area contributed by atoms with Crippen molar-refractivity contribution in [2.45, 2.75) is 31.0 Å². The molecule has 0 amide bonds. The molecule has 0 spiro atoms. The lowest BCUT2D eigenvalue weighted by Crippen LogP contribution is -2.48. The minimum atomic E-state index is -3.90. The van der Waals surface area contributed by atoms with E-state index in [1.165, 1.54) is 4.31 Å². The van der Waals surface area contributed by atoms with Crippen molar-refractivity contribution in [1.29, 1.82) is 0 Å². The molecule has 1 aromatic rings. The molecular weight excluding hydrogens is 276 g/mol. The number of sulfonamides is 1. The van der Waals surface area contributed by atoms with Crippen LogP contribution in [0.5, 0.6) is 0 Å². The number of nitrogens with zero attached hydrogens (tertiary/aromatic N) is 1. The lowest BCUT2D eigenvalue weighted by molar-refractivity contribution is -0.0440. The molecule has 0 saturated carbocycles. The molecule has 106 valence electrons. The van der Waals surface area contributed by atoms with Crippen LogP contribution < -0.4 is 0 Å². The quantitative estimate of drug-likeness (QED) is 0.834. The van der Waals surface area contributed by atoms with Crippen LogP contribution in [0.1, 0.15) is 13.8 Å². The third-order valence-electron chi connectivity index (χ3n) is 2.86. The number of halogens is 2. The maximum atomic E-state index is 13.1. The van der Waals surface area contributed by atoms with Crippen LogP contribution in [0.2, 0.25) is 0 Å². The first-order chi connectivity index (χ1) is 8.79. The Hall–Kier alpha value is -1.05. The third kappa shape index (κ3) is 3.10. The van der Waals surface area contributed by atoms with Gasteiger partial charge in [0.1, 0.15) is 11.6 Å². The number of rotatable bonds is 2. The standard InChI is InChI=1S/C12H15F2NO3S/c1-8-6-15(7-9(2)18-8)19(16,17)12-4-10(13)3-11(14)5-12/h3-5,8-9H,6-7H2,1-2H3/t8-,9-/m0/s1. The van der Waals surface area contributed by atoms with Crippen molar-refractivity contribution in [1.82, 2.24) is 4.31 Å². The van der Waals surface area contributed by atoms with E-state index in [1.54, 1.807) is 13.8 Å². The Morgan fingerprint density at radius 1 is 1.11 bits per heavy atom. The molecule has 1 fully saturated rings. The van der Waals surface area contributed by atoms with Gasteiger partial charge in [0.2, 0.25) is 10.0 Å². The van der Waals surface area contributed by atoms with E-state index < -0.39 is 21.7 Å². The van der Waals surface area contributed by atoms with Crippen molar-refractivity contribution in [2.24, 2.45) is 0 Å². The summed E-state index contributed by atoms with van der Waals surface area (Å²) in [5.41, 5.74) is 0. The zero-order valence-corrected chi connectivity index (χ0v) is 11.5. The van der Waals surface area contributed by atoms with Crippen LogP contribution in [0, 0.1) is 11.6 Å². The van der Waals surface area contributed by atoms with E-state index >= 15 is 0 Å². The predicted octanol–water partition coefficient (Wildman–Crippen LogP) is 1.76. The van der Waals surface area contributed by atoms with E-state index in [1.807, 2.05) is 0 Å². The molecule has 1 aliphatic rings. The Kier molecular flexibility index (Phi) is 3.89. The minimum absolute atomic E-state index is 0.171. The summed E-state index contributed by atoms with van der Waals surface area (Å²) in [7, 11) is -3.90. The first-order valence-corrected chi connectivity index (χ1v) is 7.35. The maximum absolute atomic E-state index is 13.1. The Morgan fingerprint density at radius 3 is 2.05 bits per heavy atom. The largest absolute Gasteiger partial charge is 0.373 e. The molecule has 4 nitrogen and oxygen atoms in total. The van der Waals surface area contributed by atoms with Crippen LogP contribution in [-0.4, -0.2) is 38.0 Å². The first-order valence-electron chi connectivity index (χ1n) is 5.91. The molecule has 19 heavy (non-hydrogen) atoms. The summed E-state index contributed by atoms with van der Waals surface area (Å²) in [5.74, 6) is -1.82. The smallest absolute Gasteiger partial charge is 0.243 e. The Morgan fingerprint density at radius 2 is 1.58 bits per heavy atom. The van der Waals surface area contributed by atoms with Crippen molar-refractivity contribution in [3.8, 4) is 0 Å². The van der Waals surface area contributed by atoms with Crippen LogP contribution in [0.4, 0.5) is 8.78 Å². The van der Waals surface area contributed by atoms with Gasteiger partial charge in [0.25, 0.3) is 0 Å². The van der Waals surface area contributed by atoms with E-state index in [0.29, 0.717) is 6.07 Å². The van der Waals surface area contributed by atoms with Gasteiger partial charge in [-0.05, 0) is 26.0 Å². The van der Waals surface area contributed by atoms with Gasteiger partial charge in [-0.25, -0.2) is 17.2 Å². The third-order valence-corrected chi connectivity index (χ3v) is 4.67. The van der Waals surface area contributed by atoms with Crippen LogP contribution in [0.15, 0.2) is 23.1 Å². The Labute approximate surface area is 111 Å². The fraction of sp³-hybridized carbons (Fsp3) is 0.500. The summed E-state index contributed by atoms with van der Waals surface area (Å²) in [6.07, 6.45) is -0.506. The highest BCUT2D eigenvalue weighted by molar-refractivity contribution is 7.89. The van der Waals surface area contributed by atoms with E-state index in [0.717, 1.165) is 12.1 Å². The summed E-state index contributed by atoms with van der Waals surface area (Å²) in [4.78, 5) is -0.369. The van der Waals surface area contributed by atoms with Gasteiger partial charge >= 0.3 is 0 Å². The molecule has 0 aliphatic carbocycles. The summed E-state index contributed by atoms with van der Waals surface area (Å²) in [5, 5.41) is 0. The van der Waals surface area contributed by atoms with Gasteiger partial charge < -0.3 is 4.74 Å². The second kappa shape index (κ2) is 5.15. The molecule has 0 unspecified atom stereocenters. The van der Waals surface area contributed by atoms with E-state index in [4.69, 9.17) is 4.74 Å². The molecule has 2 rings (SSSR count). The highest BCUT2D eigenvalue weighted by atomic mass is 32.2. The van der Waals surface area contributed by atoms with Crippen LogP contribution in [0.25, 0.3) is 0 Å². The average molecular weight is 291 g/mol. The molecule has 1 aromatic carbocycles. The molecule has 0 N–H and O–H groups in total. The number of hydrogen-bond acceptors (Lipinski definition) is 3. The zero-order valence-electron chi connectivity index (χ0n) is 10.6. The van der Waals surface area contributed by atoms with E-state index in [-0.39, 0.29) is 30.2 Å². The van der Waals surface area contributed by atoms with Gasteiger partial charge in [0, 0.05) is 19.2 Å². The van der Waals surface area contributed by atoms with Crippen LogP contribution >= 0.6 is 0 Å². The number of ether oxygens (including phenoxy) is 1. The molecular formula is C12H15F2NO3S. The van der Waals surface area contributed by atoms with Crippen molar-refractivity contribution < 1.29 is 21.9 Å².